The topological polar surface area (TPSA) is 41.1 Å². The third kappa shape index (κ3) is 9.42. The highest BCUT2D eigenvalue weighted by Gasteiger charge is 2.22. The van der Waals surface area contributed by atoms with Gasteiger partial charge in [-0.3, -0.25) is 0 Å². The lowest BCUT2D eigenvalue weighted by Gasteiger charge is -2.20. The molecule has 0 atom stereocenters. The second-order valence-electron chi connectivity index (χ2n) is 9.25. The zero-order valence-electron chi connectivity index (χ0n) is 22.3. The first-order valence-electron chi connectivity index (χ1n) is 13.2. The fourth-order valence-electron chi connectivity index (χ4n) is 4.34. The second kappa shape index (κ2) is 15.4. The summed E-state index contributed by atoms with van der Waals surface area (Å²) in [6.45, 7) is 7.15. The summed E-state index contributed by atoms with van der Waals surface area (Å²) >= 11 is 0. The molecule has 2 aliphatic rings. The van der Waals surface area contributed by atoms with Crippen LogP contribution in [0.4, 0.5) is 5.82 Å². The Morgan fingerprint density at radius 3 is 2.03 bits per heavy atom. The predicted octanol–water partition coefficient (Wildman–Crippen LogP) is 7.38. The molecule has 2 aromatic carbocycles. The molecule has 2 saturated carbocycles. The van der Waals surface area contributed by atoms with E-state index in [1.54, 1.807) is 0 Å². The van der Waals surface area contributed by atoms with Gasteiger partial charge in [-0.15, -0.1) is 0 Å². The summed E-state index contributed by atoms with van der Waals surface area (Å²) in [4.78, 5) is 10.8. The molecule has 34 heavy (non-hydrogen) atoms. The van der Waals surface area contributed by atoms with E-state index in [1.807, 2.05) is 64.0 Å². The molecule has 4 heteroatoms. The van der Waals surface area contributed by atoms with Crippen molar-refractivity contribution in [2.24, 2.45) is 5.92 Å². The van der Waals surface area contributed by atoms with Crippen molar-refractivity contribution in [3.8, 4) is 0 Å². The summed E-state index contributed by atoms with van der Waals surface area (Å²) < 4.78 is 0. The number of hydrogen-bond donors (Lipinski definition) is 1. The molecule has 4 nitrogen and oxygen atoms in total. The van der Waals surface area contributed by atoms with Crippen LogP contribution < -0.4 is 10.2 Å². The summed E-state index contributed by atoms with van der Waals surface area (Å²) in [7, 11) is 6.04. The van der Waals surface area contributed by atoms with Crippen molar-refractivity contribution in [3.63, 3.8) is 0 Å². The van der Waals surface area contributed by atoms with Crippen molar-refractivity contribution in [2.45, 2.75) is 71.6 Å². The van der Waals surface area contributed by atoms with Gasteiger partial charge in [0.25, 0.3) is 0 Å². The van der Waals surface area contributed by atoms with Gasteiger partial charge in [0.15, 0.2) is 0 Å². The third-order valence-electron chi connectivity index (χ3n) is 6.18. The molecular formula is C30H46N4. The Kier molecular flexibility index (Phi) is 12.6. The Hall–Kier alpha value is -2.46. The number of nitrogens with one attached hydrogen (secondary N) is 1. The number of anilines is 1. The average Bonchev–Trinajstić information content (AvgIpc) is 3.73. The van der Waals surface area contributed by atoms with Gasteiger partial charge < -0.3 is 10.2 Å². The fourth-order valence-corrected chi connectivity index (χ4v) is 4.34. The largest absolute Gasteiger partial charge is 0.362 e. The standard InChI is InChI=1S/C11H13N3.C9H10.C8H17N.C2H6/c1-8-12-10-7-5-4-6-9(10)11(13-8)14(2)3;1-2-4-8(5-3-1)9-6-7-9;1-9-7-8-5-3-2-4-6-8;1-2/h4-7H,1-3H3;1-5,9H,6-7H2;8-9H,2-7H2,1H3;1-2H3. The summed E-state index contributed by atoms with van der Waals surface area (Å²) in [6, 6.07) is 18.8. The van der Waals surface area contributed by atoms with Gasteiger partial charge in [-0.2, -0.15) is 0 Å². The Balaban J connectivity index is 0.000000180. The maximum atomic E-state index is 4.42. The zero-order chi connectivity index (χ0) is 24.8. The Morgan fingerprint density at radius 1 is 0.824 bits per heavy atom. The van der Waals surface area contributed by atoms with E-state index >= 15 is 0 Å². The van der Waals surface area contributed by atoms with E-state index in [9.17, 15) is 0 Å². The lowest BCUT2D eigenvalue weighted by atomic mass is 9.89. The Labute approximate surface area is 208 Å². The minimum atomic E-state index is 0.812. The van der Waals surface area contributed by atoms with E-state index in [0.717, 1.165) is 34.4 Å². The molecule has 5 rings (SSSR count). The van der Waals surface area contributed by atoms with Crippen LogP contribution in [-0.2, 0) is 0 Å². The van der Waals surface area contributed by atoms with Gasteiger partial charge in [-0.1, -0.05) is 75.6 Å². The molecule has 1 aromatic heterocycles. The average molecular weight is 463 g/mol. The number of aromatic nitrogens is 2. The van der Waals surface area contributed by atoms with Crippen molar-refractivity contribution >= 4 is 16.7 Å². The van der Waals surface area contributed by atoms with Crippen molar-refractivity contribution in [2.75, 3.05) is 32.6 Å². The SMILES string of the molecule is CC.CNCC1CCCCC1.Cc1nc(N(C)C)c2ccccc2n1.c1ccc(C2CC2)cc1. The lowest BCUT2D eigenvalue weighted by Crippen LogP contribution is -2.20. The molecule has 0 bridgehead atoms. The molecule has 0 spiro atoms. The normalized spacial score (nSPS) is 15.1. The number of fused-ring (bicyclic) bond motifs is 1. The summed E-state index contributed by atoms with van der Waals surface area (Å²) in [5, 5.41) is 4.34. The number of benzene rings is 2. The van der Waals surface area contributed by atoms with Crippen molar-refractivity contribution in [1.82, 2.24) is 15.3 Å². The molecule has 0 radical (unpaired) electrons. The first kappa shape index (κ1) is 27.8. The first-order valence-corrected chi connectivity index (χ1v) is 13.2. The third-order valence-corrected chi connectivity index (χ3v) is 6.18. The van der Waals surface area contributed by atoms with Crippen LogP contribution in [-0.4, -0.2) is 37.7 Å². The van der Waals surface area contributed by atoms with Crippen LogP contribution in [0.15, 0.2) is 54.6 Å². The van der Waals surface area contributed by atoms with Crippen LogP contribution >= 0.6 is 0 Å². The summed E-state index contributed by atoms with van der Waals surface area (Å²) in [6.07, 6.45) is 10.1. The summed E-state index contributed by atoms with van der Waals surface area (Å²) in [5.74, 6) is 3.69. The second-order valence-corrected chi connectivity index (χ2v) is 9.25. The minimum absolute atomic E-state index is 0.812. The molecule has 0 unspecified atom stereocenters. The predicted molar refractivity (Wildman–Crippen MR) is 149 cm³/mol. The Morgan fingerprint density at radius 2 is 1.44 bits per heavy atom. The number of hydrogen-bond acceptors (Lipinski definition) is 4. The van der Waals surface area contributed by atoms with E-state index in [4.69, 9.17) is 0 Å². The number of nitrogens with zero attached hydrogens (tertiary/aromatic N) is 3. The molecule has 3 aromatic rings. The lowest BCUT2D eigenvalue weighted by molar-refractivity contribution is 0.350. The van der Waals surface area contributed by atoms with Crippen molar-refractivity contribution in [1.29, 1.82) is 0 Å². The van der Waals surface area contributed by atoms with Gasteiger partial charge in [0, 0.05) is 19.5 Å². The van der Waals surface area contributed by atoms with Crippen molar-refractivity contribution < 1.29 is 0 Å². The van der Waals surface area contributed by atoms with Crippen LogP contribution in [0.2, 0.25) is 0 Å². The Bertz CT molecular complexity index is 926. The van der Waals surface area contributed by atoms with Crippen LogP contribution in [0.3, 0.4) is 0 Å². The van der Waals surface area contributed by atoms with Crippen LogP contribution in [0.5, 0.6) is 0 Å². The molecule has 0 saturated heterocycles. The molecule has 186 valence electrons. The van der Waals surface area contributed by atoms with Crippen LogP contribution in [0.1, 0.15) is 76.1 Å². The van der Waals surface area contributed by atoms with E-state index < -0.39 is 0 Å². The minimum Gasteiger partial charge on any atom is -0.362 e. The highest BCUT2D eigenvalue weighted by molar-refractivity contribution is 5.89. The maximum absolute atomic E-state index is 4.42. The molecular weight excluding hydrogens is 416 g/mol. The number of rotatable bonds is 4. The molecule has 1 N–H and O–H groups in total. The van der Waals surface area contributed by atoms with Crippen molar-refractivity contribution in [3.05, 3.63) is 66.0 Å². The fraction of sp³-hybridized carbons (Fsp3) is 0.533. The van der Waals surface area contributed by atoms with Gasteiger partial charge in [0.05, 0.1) is 5.52 Å². The number of aryl methyl sites for hydroxylation is 1. The smallest absolute Gasteiger partial charge is 0.139 e. The maximum Gasteiger partial charge on any atom is 0.139 e. The summed E-state index contributed by atoms with van der Waals surface area (Å²) in [5.41, 5.74) is 2.53. The van der Waals surface area contributed by atoms with Crippen LogP contribution in [0, 0.1) is 12.8 Å². The molecule has 1 heterocycles. The van der Waals surface area contributed by atoms with Gasteiger partial charge in [-0.25, -0.2) is 9.97 Å². The monoisotopic (exact) mass is 462 g/mol. The highest BCUT2D eigenvalue weighted by atomic mass is 15.1. The molecule has 2 fully saturated rings. The van der Waals surface area contributed by atoms with E-state index in [-0.39, 0.29) is 0 Å². The van der Waals surface area contributed by atoms with E-state index in [0.29, 0.717) is 0 Å². The quantitative estimate of drug-likeness (QED) is 0.439. The van der Waals surface area contributed by atoms with E-state index in [1.165, 1.54) is 57.1 Å². The molecule has 0 aliphatic heterocycles. The first-order chi connectivity index (χ1) is 16.6. The van der Waals surface area contributed by atoms with Crippen LogP contribution in [0.25, 0.3) is 10.9 Å². The zero-order valence-corrected chi connectivity index (χ0v) is 22.3. The highest BCUT2D eigenvalue weighted by Crippen LogP contribution is 2.39. The van der Waals surface area contributed by atoms with Gasteiger partial charge in [-0.05, 0) is 75.7 Å². The van der Waals surface area contributed by atoms with E-state index in [2.05, 4.69) is 52.7 Å². The van der Waals surface area contributed by atoms with Gasteiger partial charge in [0.2, 0.25) is 0 Å². The van der Waals surface area contributed by atoms with Gasteiger partial charge in [0.1, 0.15) is 11.6 Å². The number of para-hydroxylation sites is 1. The molecule has 2 aliphatic carbocycles. The molecule has 0 amide bonds. The van der Waals surface area contributed by atoms with Gasteiger partial charge >= 0.3 is 0 Å².